The fourth-order valence-electron chi connectivity index (χ4n) is 1.72. The molecule has 96 valence electrons. The minimum Gasteiger partial charge on any atom is -0.354 e. The van der Waals surface area contributed by atoms with E-state index in [1.807, 2.05) is 29.1 Å². The van der Waals surface area contributed by atoms with Crippen LogP contribution >= 0.6 is 0 Å². The van der Waals surface area contributed by atoms with Crippen LogP contribution in [0.2, 0.25) is 0 Å². The van der Waals surface area contributed by atoms with Gasteiger partial charge in [0.2, 0.25) is 5.91 Å². The fraction of sp³-hybridized carbons (Fsp3) is 0.538. The normalized spacial score (nSPS) is 14.2. The van der Waals surface area contributed by atoms with Crippen LogP contribution in [0.25, 0.3) is 0 Å². The van der Waals surface area contributed by atoms with Crippen LogP contribution in [0.5, 0.6) is 0 Å². The highest BCUT2D eigenvalue weighted by atomic mass is 16.1. The molecule has 0 saturated heterocycles. The van der Waals surface area contributed by atoms with Gasteiger partial charge in [-0.15, -0.1) is 0 Å². The average molecular weight is 246 g/mol. The molecule has 2 N–H and O–H groups in total. The lowest BCUT2D eigenvalue weighted by Gasteiger charge is -2.04. The molecule has 1 aromatic rings. The first kappa shape index (κ1) is 12.7. The molecule has 0 aliphatic heterocycles. The maximum Gasteiger partial charge on any atom is 0.239 e. The SMILES string of the molecule is N#CCCNC(=O)Cn1ccc(CNC2CC2)c1. The predicted octanol–water partition coefficient (Wildman–Crippen LogP) is 0.770. The van der Waals surface area contributed by atoms with Gasteiger partial charge in [-0.2, -0.15) is 5.26 Å². The first-order chi connectivity index (χ1) is 8.78. The monoisotopic (exact) mass is 246 g/mol. The van der Waals surface area contributed by atoms with Crippen LogP contribution in [0, 0.1) is 11.3 Å². The van der Waals surface area contributed by atoms with Gasteiger partial charge >= 0.3 is 0 Å². The van der Waals surface area contributed by atoms with E-state index in [1.165, 1.54) is 18.4 Å². The molecule has 0 unspecified atom stereocenters. The molecule has 0 bridgehead atoms. The van der Waals surface area contributed by atoms with Gasteiger partial charge < -0.3 is 15.2 Å². The van der Waals surface area contributed by atoms with Crippen molar-refractivity contribution in [2.24, 2.45) is 0 Å². The maximum atomic E-state index is 11.5. The number of amides is 1. The van der Waals surface area contributed by atoms with Gasteiger partial charge in [-0.05, 0) is 24.5 Å². The number of carbonyl (C=O) groups is 1. The van der Waals surface area contributed by atoms with Gasteiger partial charge in [-0.1, -0.05) is 0 Å². The summed E-state index contributed by atoms with van der Waals surface area (Å²) >= 11 is 0. The molecule has 1 saturated carbocycles. The summed E-state index contributed by atoms with van der Waals surface area (Å²) in [6.07, 6.45) is 6.81. The first-order valence-corrected chi connectivity index (χ1v) is 6.29. The third kappa shape index (κ3) is 4.22. The van der Waals surface area contributed by atoms with Gasteiger partial charge in [0.25, 0.3) is 0 Å². The number of hydrogen-bond donors (Lipinski definition) is 2. The smallest absolute Gasteiger partial charge is 0.239 e. The molecule has 1 aliphatic carbocycles. The molecule has 0 spiro atoms. The van der Waals surface area contributed by atoms with Gasteiger partial charge in [0, 0.05) is 31.5 Å². The van der Waals surface area contributed by atoms with Crippen molar-refractivity contribution in [2.45, 2.75) is 38.4 Å². The Hall–Kier alpha value is -1.80. The van der Waals surface area contributed by atoms with Crippen molar-refractivity contribution in [1.82, 2.24) is 15.2 Å². The summed E-state index contributed by atoms with van der Waals surface area (Å²) in [4.78, 5) is 11.5. The highest BCUT2D eigenvalue weighted by Crippen LogP contribution is 2.19. The second-order valence-electron chi connectivity index (χ2n) is 4.61. The van der Waals surface area contributed by atoms with E-state index in [9.17, 15) is 4.79 Å². The number of nitrogens with one attached hydrogen (secondary N) is 2. The van der Waals surface area contributed by atoms with E-state index in [-0.39, 0.29) is 5.91 Å². The summed E-state index contributed by atoms with van der Waals surface area (Å²) in [6.45, 7) is 1.61. The quantitative estimate of drug-likeness (QED) is 0.698. The summed E-state index contributed by atoms with van der Waals surface area (Å²) in [5.41, 5.74) is 1.20. The zero-order valence-corrected chi connectivity index (χ0v) is 10.4. The molecule has 18 heavy (non-hydrogen) atoms. The number of carbonyl (C=O) groups excluding carboxylic acids is 1. The van der Waals surface area contributed by atoms with Crippen molar-refractivity contribution in [2.75, 3.05) is 6.54 Å². The van der Waals surface area contributed by atoms with Gasteiger partial charge in [-0.25, -0.2) is 0 Å². The molecule has 1 amide bonds. The largest absolute Gasteiger partial charge is 0.354 e. The van der Waals surface area contributed by atoms with E-state index in [4.69, 9.17) is 5.26 Å². The molecule has 0 radical (unpaired) electrons. The molecule has 5 nitrogen and oxygen atoms in total. The van der Waals surface area contributed by atoms with Crippen molar-refractivity contribution in [3.05, 3.63) is 24.0 Å². The molecule has 5 heteroatoms. The Bertz CT molecular complexity index is 442. The Morgan fingerprint density at radius 1 is 1.56 bits per heavy atom. The van der Waals surface area contributed by atoms with Crippen molar-refractivity contribution in [3.8, 4) is 6.07 Å². The molecule has 1 fully saturated rings. The van der Waals surface area contributed by atoms with Crippen molar-refractivity contribution in [1.29, 1.82) is 5.26 Å². The van der Waals surface area contributed by atoms with E-state index in [0.717, 1.165) is 6.54 Å². The number of nitriles is 1. The second-order valence-corrected chi connectivity index (χ2v) is 4.61. The topological polar surface area (TPSA) is 69.8 Å². The van der Waals surface area contributed by atoms with E-state index < -0.39 is 0 Å². The first-order valence-electron chi connectivity index (χ1n) is 6.29. The lowest BCUT2D eigenvalue weighted by Crippen LogP contribution is -2.27. The number of rotatable bonds is 7. The Labute approximate surface area is 107 Å². The standard InChI is InChI=1S/C13H18N4O/c14-5-1-6-15-13(18)10-17-7-4-11(9-17)8-16-12-2-3-12/h4,7,9,12,16H,1-3,6,8,10H2,(H,15,18). The van der Waals surface area contributed by atoms with Crippen LogP contribution in [0.15, 0.2) is 18.5 Å². The lowest BCUT2D eigenvalue weighted by molar-refractivity contribution is -0.121. The molecule has 1 aliphatic rings. The molecule has 1 aromatic heterocycles. The fourth-order valence-corrected chi connectivity index (χ4v) is 1.72. The minimum atomic E-state index is -0.0532. The van der Waals surface area contributed by atoms with Gasteiger partial charge in [0.1, 0.15) is 6.54 Å². The predicted molar refractivity (Wildman–Crippen MR) is 67.5 cm³/mol. The third-order valence-electron chi connectivity index (χ3n) is 2.87. The molecule has 1 heterocycles. The van der Waals surface area contributed by atoms with E-state index >= 15 is 0 Å². The average Bonchev–Trinajstić information content (AvgIpc) is 3.08. The Morgan fingerprint density at radius 3 is 3.11 bits per heavy atom. The zero-order valence-electron chi connectivity index (χ0n) is 10.4. The van der Waals surface area contributed by atoms with Gasteiger partial charge in [-0.3, -0.25) is 4.79 Å². The second kappa shape index (κ2) is 6.22. The highest BCUT2D eigenvalue weighted by Gasteiger charge is 2.19. The lowest BCUT2D eigenvalue weighted by atomic mass is 10.3. The van der Waals surface area contributed by atoms with Gasteiger partial charge in [0.05, 0.1) is 12.5 Å². The van der Waals surface area contributed by atoms with Crippen LogP contribution in [0.3, 0.4) is 0 Å². The molecular formula is C13H18N4O. The number of aromatic nitrogens is 1. The van der Waals surface area contributed by atoms with Gasteiger partial charge in [0.15, 0.2) is 0 Å². The van der Waals surface area contributed by atoms with Crippen LogP contribution < -0.4 is 10.6 Å². The minimum absolute atomic E-state index is 0.0532. The van der Waals surface area contributed by atoms with Crippen molar-refractivity contribution < 1.29 is 4.79 Å². The number of hydrogen-bond acceptors (Lipinski definition) is 3. The summed E-state index contributed by atoms with van der Waals surface area (Å²) in [5, 5.41) is 14.5. The van der Waals surface area contributed by atoms with E-state index in [2.05, 4.69) is 10.6 Å². The molecule has 0 atom stereocenters. The van der Waals surface area contributed by atoms with Crippen LogP contribution in [-0.4, -0.2) is 23.1 Å². The Morgan fingerprint density at radius 2 is 2.39 bits per heavy atom. The third-order valence-corrected chi connectivity index (χ3v) is 2.87. The summed E-state index contributed by atoms with van der Waals surface area (Å²) in [6, 6.07) is 4.72. The Kier molecular flexibility index (Phi) is 4.37. The molecular weight excluding hydrogens is 228 g/mol. The Balaban J connectivity index is 1.71. The van der Waals surface area contributed by atoms with Crippen LogP contribution in [0.4, 0.5) is 0 Å². The molecule has 0 aromatic carbocycles. The maximum absolute atomic E-state index is 11.5. The highest BCUT2D eigenvalue weighted by molar-refractivity contribution is 5.75. The zero-order chi connectivity index (χ0) is 12.8. The summed E-state index contributed by atoms with van der Waals surface area (Å²) in [5.74, 6) is -0.0532. The van der Waals surface area contributed by atoms with Crippen LogP contribution in [0.1, 0.15) is 24.8 Å². The van der Waals surface area contributed by atoms with E-state index in [1.54, 1.807) is 0 Å². The summed E-state index contributed by atoms with van der Waals surface area (Å²) in [7, 11) is 0. The summed E-state index contributed by atoms with van der Waals surface area (Å²) < 4.78 is 1.87. The van der Waals surface area contributed by atoms with Crippen molar-refractivity contribution >= 4 is 5.91 Å². The van der Waals surface area contributed by atoms with Crippen molar-refractivity contribution in [3.63, 3.8) is 0 Å². The van der Waals surface area contributed by atoms with Crippen LogP contribution in [-0.2, 0) is 17.9 Å². The molecule has 2 rings (SSSR count). The van der Waals surface area contributed by atoms with E-state index in [0.29, 0.717) is 25.6 Å². The number of nitrogens with zero attached hydrogens (tertiary/aromatic N) is 2.